The molecule has 21 heavy (non-hydrogen) atoms. The number of nitrogens with one attached hydrogen (secondary N) is 2. The van der Waals surface area contributed by atoms with Gasteiger partial charge in [0.15, 0.2) is 0 Å². The highest BCUT2D eigenvalue weighted by molar-refractivity contribution is 5.91. The third kappa shape index (κ3) is 2.51. The summed E-state index contributed by atoms with van der Waals surface area (Å²) in [6.07, 6.45) is 6.06. The second kappa shape index (κ2) is 5.24. The van der Waals surface area contributed by atoms with Gasteiger partial charge in [0.1, 0.15) is 5.82 Å². The number of rotatable bonds is 5. The molecule has 1 unspecified atom stereocenters. The molecule has 0 spiro atoms. The molecule has 110 valence electrons. The molecule has 3 rings (SSSR count). The lowest BCUT2D eigenvalue weighted by atomic mass is 9.94. The van der Waals surface area contributed by atoms with Crippen LogP contribution in [-0.2, 0) is 10.2 Å². The topological polar surface area (TPSA) is 83.8 Å². The molecule has 1 fully saturated rings. The smallest absolute Gasteiger partial charge is 0.231 e. The molecule has 4 N–H and O–H groups in total. The Kier molecular flexibility index (Phi) is 3.41. The van der Waals surface area contributed by atoms with E-state index in [4.69, 9.17) is 5.73 Å². The number of aromatic amines is 1. The lowest BCUT2D eigenvalue weighted by Gasteiger charge is -2.20. The highest BCUT2D eigenvalue weighted by Crippen LogP contribution is 2.48. The Morgan fingerprint density at radius 3 is 2.67 bits per heavy atom. The van der Waals surface area contributed by atoms with Crippen molar-refractivity contribution < 1.29 is 4.79 Å². The zero-order chi connectivity index (χ0) is 14.9. The molecular weight excluding hydrogens is 264 g/mol. The predicted molar refractivity (Wildman–Crippen MR) is 81.5 cm³/mol. The molecule has 1 aliphatic rings. The van der Waals surface area contributed by atoms with Gasteiger partial charge in [0.05, 0.1) is 11.5 Å². The van der Waals surface area contributed by atoms with Crippen LogP contribution in [0.5, 0.6) is 0 Å². The Morgan fingerprint density at radius 1 is 1.43 bits per heavy atom. The van der Waals surface area contributed by atoms with Gasteiger partial charge in [0, 0.05) is 18.1 Å². The van der Waals surface area contributed by atoms with Crippen molar-refractivity contribution >= 4 is 11.6 Å². The quantitative estimate of drug-likeness (QED) is 0.737. The number of nitrogens with two attached hydrogens (primary N) is 1. The number of hydrogen-bond acceptors (Lipinski definition) is 3. The highest BCUT2D eigenvalue weighted by atomic mass is 16.2. The fraction of sp³-hybridized carbons (Fsp3) is 0.375. The minimum Gasteiger partial charge on any atom is -0.399 e. The molecule has 2 aromatic rings. The predicted octanol–water partition coefficient (Wildman–Crippen LogP) is 2.29. The molecule has 5 nitrogen and oxygen atoms in total. The van der Waals surface area contributed by atoms with E-state index in [1.165, 1.54) is 0 Å². The Bertz CT molecular complexity index is 614. The maximum absolute atomic E-state index is 12.7. The van der Waals surface area contributed by atoms with Crippen molar-refractivity contribution in [2.75, 3.05) is 5.73 Å². The third-order valence-electron chi connectivity index (χ3n) is 4.21. The SMILES string of the molecule is CCC(NC(=O)C1(c2ccc(N)cc2)CC1)c1ncc[nH]1. The molecule has 1 aromatic heterocycles. The zero-order valence-electron chi connectivity index (χ0n) is 12.1. The Hall–Kier alpha value is -2.30. The van der Waals surface area contributed by atoms with E-state index < -0.39 is 0 Å². The fourth-order valence-electron chi connectivity index (χ4n) is 2.70. The molecule has 0 saturated heterocycles. The third-order valence-corrected chi connectivity index (χ3v) is 4.21. The average Bonchev–Trinajstić information content (AvgIpc) is 3.13. The van der Waals surface area contributed by atoms with Gasteiger partial charge in [0.25, 0.3) is 0 Å². The van der Waals surface area contributed by atoms with Gasteiger partial charge >= 0.3 is 0 Å². The number of nitrogen functional groups attached to an aromatic ring is 1. The molecule has 1 atom stereocenters. The largest absolute Gasteiger partial charge is 0.399 e. The Balaban J connectivity index is 1.77. The van der Waals surface area contributed by atoms with Crippen LogP contribution in [0.1, 0.15) is 43.6 Å². The van der Waals surface area contributed by atoms with Crippen LogP contribution >= 0.6 is 0 Å². The fourth-order valence-corrected chi connectivity index (χ4v) is 2.70. The lowest BCUT2D eigenvalue weighted by molar-refractivity contribution is -0.124. The first kappa shape index (κ1) is 13.7. The minimum atomic E-state index is -0.381. The van der Waals surface area contributed by atoms with Gasteiger partial charge in [-0.15, -0.1) is 0 Å². The van der Waals surface area contributed by atoms with Crippen LogP contribution in [0.2, 0.25) is 0 Å². The van der Waals surface area contributed by atoms with Gasteiger partial charge in [-0.3, -0.25) is 4.79 Å². The zero-order valence-corrected chi connectivity index (χ0v) is 12.1. The van der Waals surface area contributed by atoms with Crippen molar-refractivity contribution in [3.05, 3.63) is 48.0 Å². The van der Waals surface area contributed by atoms with Crippen molar-refractivity contribution in [2.45, 2.75) is 37.6 Å². The van der Waals surface area contributed by atoms with Gasteiger partial charge in [-0.25, -0.2) is 4.98 Å². The summed E-state index contributed by atoms with van der Waals surface area (Å²) in [5.74, 6) is 0.884. The number of carbonyl (C=O) groups excluding carboxylic acids is 1. The minimum absolute atomic E-state index is 0.0706. The summed E-state index contributed by atoms with van der Waals surface area (Å²) in [7, 11) is 0. The molecule has 0 bridgehead atoms. The van der Waals surface area contributed by atoms with Gasteiger partial charge in [-0.1, -0.05) is 19.1 Å². The Morgan fingerprint density at radius 2 is 2.14 bits per heavy atom. The van der Waals surface area contributed by atoms with E-state index >= 15 is 0 Å². The van der Waals surface area contributed by atoms with Crippen molar-refractivity contribution in [3.8, 4) is 0 Å². The first-order valence-electron chi connectivity index (χ1n) is 7.32. The number of nitrogens with zero attached hydrogens (tertiary/aromatic N) is 1. The Labute approximate surface area is 124 Å². The number of aromatic nitrogens is 2. The summed E-state index contributed by atoms with van der Waals surface area (Å²) in [5, 5.41) is 3.12. The highest BCUT2D eigenvalue weighted by Gasteiger charge is 2.51. The lowest BCUT2D eigenvalue weighted by Crippen LogP contribution is -2.37. The summed E-state index contributed by atoms with van der Waals surface area (Å²) in [6.45, 7) is 2.04. The summed E-state index contributed by atoms with van der Waals surface area (Å²) < 4.78 is 0. The number of imidazole rings is 1. The van der Waals surface area contributed by atoms with Crippen molar-refractivity contribution in [2.24, 2.45) is 0 Å². The molecule has 1 aliphatic carbocycles. The first-order valence-corrected chi connectivity index (χ1v) is 7.32. The number of anilines is 1. The summed E-state index contributed by atoms with van der Waals surface area (Å²) in [4.78, 5) is 20.0. The number of amides is 1. The summed E-state index contributed by atoms with van der Waals surface area (Å²) >= 11 is 0. The second-order valence-corrected chi connectivity index (χ2v) is 5.61. The van der Waals surface area contributed by atoms with E-state index in [0.29, 0.717) is 0 Å². The van der Waals surface area contributed by atoms with Crippen molar-refractivity contribution in [3.63, 3.8) is 0 Å². The van der Waals surface area contributed by atoms with Crippen LogP contribution in [0.4, 0.5) is 5.69 Å². The van der Waals surface area contributed by atoms with Crippen molar-refractivity contribution in [1.82, 2.24) is 15.3 Å². The van der Waals surface area contributed by atoms with Crippen LogP contribution in [0.3, 0.4) is 0 Å². The molecule has 1 heterocycles. The second-order valence-electron chi connectivity index (χ2n) is 5.61. The van der Waals surface area contributed by atoms with E-state index in [0.717, 1.165) is 36.3 Å². The number of H-pyrrole nitrogens is 1. The molecule has 0 aliphatic heterocycles. The molecule has 1 saturated carbocycles. The molecule has 1 aromatic carbocycles. The van der Waals surface area contributed by atoms with Gasteiger partial charge in [-0.05, 0) is 37.0 Å². The van der Waals surface area contributed by atoms with Crippen molar-refractivity contribution in [1.29, 1.82) is 0 Å². The van der Waals surface area contributed by atoms with Crippen LogP contribution in [0.25, 0.3) is 0 Å². The van der Waals surface area contributed by atoms with E-state index in [1.807, 2.05) is 31.2 Å². The maximum atomic E-state index is 12.7. The number of hydrogen-bond donors (Lipinski definition) is 3. The van der Waals surface area contributed by atoms with Gasteiger partial charge in [-0.2, -0.15) is 0 Å². The molecular formula is C16H20N4O. The van der Waals surface area contributed by atoms with E-state index in [2.05, 4.69) is 15.3 Å². The normalized spacial score (nSPS) is 17.2. The molecule has 5 heteroatoms. The summed E-state index contributed by atoms with van der Waals surface area (Å²) in [5.41, 5.74) is 7.10. The number of carbonyl (C=O) groups is 1. The van der Waals surface area contributed by atoms with Crippen LogP contribution in [0.15, 0.2) is 36.7 Å². The van der Waals surface area contributed by atoms with Gasteiger partial charge < -0.3 is 16.0 Å². The maximum Gasteiger partial charge on any atom is 0.231 e. The first-order chi connectivity index (χ1) is 10.2. The van der Waals surface area contributed by atoms with E-state index in [1.54, 1.807) is 12.4 Å². The van der Waals surface area contributed by atoms with E-state index in [9.17, 15) is 4.79 Å². The van der Waals surface area contributed by atoms with Gasteiger partial charge in [0.2, 0.25) is 5.91 Å². The van der Waals surface area contributed by atoms with Crippen LogP contribution < -0.4 is 11.1 Å². The number of benzene rings is 1. The molecule has 0 radical (unpaired) electrons. The van der Waals surface area contributed by atoms with Crippen LogP contribution in [-0.4, -0.2) is 15.9 Å². The summed E-state index contributed by atoms with van der Waals surface area (Å²) in [6, 6.07) is 7.55. The van der Waals surface area contributed by atoms with Crippen LogP contribution in [0, 0.1) is 0 Å². The monoisotopic (exact) mass is 284 g/mol. The average molecular weight is 284 g/mol. The molecule has 1 amide bonds. The standard InChI is InChI=1S/C16H20N4O/c1-2-13(14-18-9-10-19-14)20-15(21)16(7-8-16)11-3-5-12(17)6-4-11/h3-6,9-10,13H,2,7-8,17H2,1H3,(H,18,19)(H,20,21). The van der Waals surface area contributed by atoms with E-state index in [-0.39, 0.29) is 17.4 Å².